The molecule has 0 aromatic carbocycles. The van der Waals surface area contributed by atoms with Gasteiger partial charge < -0.3 is 15.1 Å². The Labute approximate surface area is 123 Å². The minimum atomic E-state index is -0.0244. The Bertz CT molecular complexity index is 305. The number of likely N-dealkylation sites (tertiary alicyclic amines) is 2. The second-order valence-electron chi connectivity index (χ2n) is 6.68. The lowest BCUT2D eigenvalue weighted by Gasteiger charge is -2.37. The average Bonchev–Trinajstić information content (AvgIpc) is 2.48. The molecule has 1 amide bonds. The first kappa shape index (κ1) is 15.8. The van der Waals surface area contributed by atoms with E-state index < -0.39 is 0 Å². The second kappa shape index (κ2) is 7.41. The van der Waals surface area contributed by atoms with Gasteiger partial charge in [-0.05, 0) is 66.0 Å². The number of nitrogens with one attached hydrogen (secondary N) is 1. The van der Waals surface area contributed by atoms with Crippen molar-refractivity contribution in [3.63, 3.8) is 0 Å². The average molecular weight is 281 g/mol. The Kier molecular flexibility index (Phi) is 5.85. The fourth-order valence-corrected chi connectivity index (χ4v) is 3.40. The highest BCUT2D eigenvalue weighted by Crippen LogP contribution is 2.15. The fraction of sp³-hybridized carbons (Fsp3) is 0.938. The zero-order valence-corrected chi connectivity index (χ0v) is 13.4. The Hall–Kier alpha value is -0.610. The van der Waals surface area contributed by atoms with Crippen LogP contribution in [0.4, 0.5) is 0 Å². The monoisotopic (exact) mass is 281 g/mol. The molecule has 4 nitrogen and oxygen atoms in total. The zero-order chi connectivity index (χ0) is 14.5. The van der Waals surface area contributed by atoms with Crippen LogP contribution in [-0.4, -0.2) is 60.0 Å². The molecule has 0 aliphatic carbocycles. The van der Waals surface area contributed by atoms with Crippen LogP contribution in [0.2, 0.25) is 0 Å². The summed E-state index contributed by atoms with van der Waals surface area (Å²) in [4.78, 5) is 17.0. The largest absolute Gasteiger partial charge is 0.341 e. The molecule has 2 aliphatic heterocycles. The molecule has 20 heavy (non-hydrogen) atoms. The predicted octanol–water partition coefficient (Wildman–Crippen LogP) is 1.85. The molecule has 1 unspecified atom stereocenters. The molecule has 0 bridgehead atoms. The maximum Gasteiger partial charge on any atom is 0.239 e. The highest BCUT2D eigenvalue weighted by atomic mass is 16.2. The lowest BCUT2D eigenvalue weighted by molar-refractivity contribution is -0.134. The van der Waals surface area contributed by atoms with Gasteiger partial charge in [0.25, 0.3) is 0 Å². The van der Waals surface area contributed by atoms with Crippen molar-refractivity contribution in [3.05, 3.63) is 0 Å². The van der Waals surface area contributed by atoms with Gasteiger partial charge in [0.05, 0.1) is 6.04 Å². The number of rotatable bonds is 4. The maximum absolute atomic E-state index is 12.4. The van der Waals surface area contributed by atoms with E-state index in [-0.39, 0.29) is 6.04 Å². The van der Waals surface area contributed by atoms with Crippen molar-refractivity contribution in [2.24, 2.45) is 0 Å². The molecule has 116 valence electrons. The van der Waals surface area contributed by atoms with Crippen LogP contribution in [0.5, 0.6) is 0 Å². The third-order valence-corrected chi connectivity index (χ3v) is 4.78. The molecule has 2 saturated heterocycles. The van der Waals surface area contributed by atoms with Gasteiger partial charge >= 0.3 is 0 Å². The minimum absolute atomic E-state index is 0.0244. The van der Waals surface area contributed by atoms with Crippen LogP contribution >= 0.6 is 0 Å². The molecular formula is C16H31N3O. The predicted molar refractivity (Wildman–Crippen MR) is 82.8 cm³/mol. The first-order chi connectivity index (χ1) is 9.58. The number of carbonyl (C=O) groups excluding carboxylic acids is 1. The third-order valence-electron chi connectivity index (χ3n) is 4.78. The number of hydrogen-bond donors (Lipinski definition) is 1. The highest BCUT2D eigenvalue weighted by Gasteiger charge is 2.26. The van der Waals surface area contributed by atoms with Crippen molar-refractivity contribution in [1.29, 1.82) is 0 Å². The van der Waals surface area contributed by atoms with Crippen LogP contribution in [0, 0.1) is 0 Å². The van der Waals surface area contributed by atoms with E-state index in [0.717, 1.165) is 39.0 Å². The number of amides is 1. The van der Waals surface area contributed by atoms with Gasteiger partial charge in [-0.3, -0.25) is 4.79 Å². The third kappa shape index (κ3) is 4.19. The van der Waals surface area contributed by atoms with E-state index in [0.29, 0.717) is 18.0 Å². The Morgan fingerprint density at radius 2 is 1.60 bits per heavy atom. The van der Waals surface area contributed by atoms with E-state index in [1.807, 2.05) is 11.8 Å². The minimum Gasteiger partial charge on any atom is -0.341 e. The Morgan fingerprint density at radius 1 is 1.00 bits per heavy atom. The molecule has 0 aromatic rings. The molecule has 0 radical (unpaired) electrons. The first-order valence-corrected chi connectivity index (χ1v) is 8.37. The van der Waals surface area contributed by atoms with Gasteiger partial charge in [-0.1, -0.05) is 0 Å². The number of nitrogens with zero attached hydrogens (tertiary/aromatic N) is 2. The summed E-state index contributed by atoms with van der Waals surface area (Å²) < 4.78 is 0. The molecule has 2 rings (SSSR count). The first-order valence-electron chi connectivity index (χ1n) is 8.37. The maximum atomic E-state index is 12.4. The number of hydrogen-bond acceptors (Lipinski definition) is 3. The van der Waals surface area contributed by atoms with Gasteiger partial charge in [0, 0.05) is 25.2 Å². The van der Waals surface area contributed by atoms with E-state index >= 15 is 0 Å². The Balaban J connectivity index is 1.74. The molecule has 0 aromatic heterocycles. The van der Waals surface area contributed by atoms with Crippen molar-refractivity contribution in [2.75, 3.05) is 26.2 Å². The van der Waals surface area contributed by atoms with Crippen molar-refractivity contribution >= 4 is 5.91 Å². The fourth-order valence-electron chi connectivity index (χ4n) is 3.40. The SMILES string of the molecule is CC(NC1CCN(C(C)C)CC1)C(=O)N1CCCCC1. The van der Waals surface area contributed by atoms with Crippen LogP contribution in [0.1, 0.15) is 52.9 Å². The standard InChI is InChI=1S/C16H31N3O/c1-13(2)18-11-7-15(8-12-18)17-14(3)16(20)19-9-5-4-6-10-19/h13-15,17H,4-12H2,1-3H3. The molecule has 0 spiro atoms. The normalized spacial score (nSPS) is 24.1. The van der Waals surface area contributed by atoms with Crippen molar-refractivity contribution < 1.29 is 4.79 Å². The summed E-state index contributed by atoms with van der Waals surface area (Å²) in [6.07, 6.45) is 5.95. The van der Waals surface area contributed by atoms with Crippen LogP contribution in [0.15, 0.2) is 0 Å². The smallest absolute Gasteiger partial charge is 0.239 e. The van der Waals surface area contributed by atoms with Gasteiger partial charge in [-0.15, -0.1) is 0 Å². The van der Waals surface area contributed by atoms with Gasteiger partial charge in [-0.2, -0.15) is 0 Å². The van der Waals surface area contributed by atoms with E-state index in [1.165, 1.54) is 19.3 Å². The summed E-state index contributed by atoms with van der Waals surface area (Å²) in [7, 11) is 0. The van der Waals surface area contributed by atoms with E-state index in [1.54, 1.807) is 0 Å². The van der Waals surface area contributed by atoms with E-state index in [9.17, 15) is 4.79 Å². The van der Waals surface area contributed by atoms with E-state index in [2.05, 4.69) is 24.1 Å². The summed E-state index contributed by atoms with van der Waals surface area (Å²) in [6.45, 7) is 10.8. The van der Waals surface area contributed by atoms with Gasteiger partial charge in [0.15, 0.2) is 0 Å². The lowest BCUT2D eigenvalue weighted by atomic mass is 10.0. The molecule has 1 N–H and O–H groups in total. The second-order valence-corrected chi connectivity index (χ2v) is 6.68. The highest BCUT2D eigenvalue weighted by molar-refractivity contribution is 5.81. The van der Waals surface area contributed by atoms with Crippen molar-refractivity contribution in [1.82, 2.24) is 15.1 Å². The van der Waals surface area contributed by atoms with Crippen LogP contribution in [-0.2, 0) is 4.79 Å². The summed E-state index contributed by atoms with van der Waals surface area (Å²) in [5, 5.41) is 3.56. The van der Waals surface area contributed by atoms with E-state index in [4.69, 9.17) is 0 Å². The molecule has 2 heterocycles. The van der Waals surface area contributed by atoms with Gasteiger partial charge in [0.2, 0.25) is 5.91 Å². The van der Waals surface area contributed by atoms with Gasteiger partial charge in [0.1, 0.15) is 0 Å². The zero-order valence-electron chi connectivity index (χ0n) is 13.4. The summed E-state index contributed by atoms with van der Waals surface area (Å²) in [6, 6.07) is 1.13. The summed E-state index contributed by atoms with van der Waals surface area (Å²) in [5.74, 6) is 0.302. The van der Waals surface area contributed by atoms with Crippen molar-refractivity contribution in [2.45, 2.75) is 71.0 Å². The molecule has 0 saturated carbocycles. The molecule has 1 atom stereocenters. The van der Waals surface area contributed by atoms with Crippen LogP contribution < -0.4 is 5.32 Å². The molecular weight excluding hydrogens is 250 g/mol. The summed E-state index contributed by atoms with van der Waals surface area (Å²) >= 11 is 0. The Morgan fingerprint density at radius 3 is 2.15 bits per heavy atom. The molecule has 2 aliphatic rings. The number of piperidine rings is 2. The van der Waals surface area contributed by atoms with Crippen molar-refractivity contribution in [3.8, 4) is 0 Å². The molecule has 4 heteroatoms. The quantitative estimate of drug-likeness (QED) is 0.854. The topological polar surface area (TPSA) is 35.6 Å². The lowest BCUT2D eigenvalue weighted by Crippen LogP contribution is -2.52. The number of carbonyl (C=O) groups is 1. The van der Waals surface area contributed by atoms with Crippen LogP contribution in [0.3, 0.4) is 0 Å². The van der Waals surface area contributed by atoms with Gasteiger partial charge in [-0.25, -0.2) is 0 Å². The molecule has 2 fully saturated rings. The summed E-state index contributed by atoms with van der Waals surface area (Å²) in [5.41, 5.74) is 0. The van der Waals surface area contributed by atoms with Crippen LogP contribution in [0.25, 0.3) is 0 Å².